The van der Waals surface area contributed by atoms with Gasteiger partial charge in [-0.25, -0.2) is 0 Å². The number of azide groups is 1. The molecule has 0 aliphatic carbocycles. The van der Waals surface area contributed by atoms with Crippen molar-refractivity contribution in [2.24, 2.45) is 11.0 Å². The van der Waals surface area contributed by atoms with Gasteiger partial charge in [0.1, 0.15) is 0 Å². The molecule has 1 unspecified atom stereocenters. The summed E-state index contributed by atoms with van der Waals surface area (Å²) >= 11 is 0. The number of nitrogens with one attached hydrogen (secondary N) is 1. The first kappa shape index (κ1) is 10.6. The Kier molecular flexibility index (Phi) is 3.12. The van der Waals surface area contributed by atoms with Crippen molar-refractivity contribution < 1.29 is 4.79 Å². The Morgan fingerprint density at radius 3 is 3.25 bits per heavy atom. The average molecular weight is 219 g/mol. The largest absolute Gasteiger partial charge is 0.367 e. The minimum Gasteiger partial charge on any atom is -0.367 e. The molecule has 1 fully saturated rings. The maximum absolute atomic E-state index is 11.7. The fraction of sp³-hybridized carbons (Fsp3) is 0.500. The molecule has 0 radical (unpaired) electrons. The number of aromatic amines is 1. The van der Waals surface area contributed by atoms with E-state index in [1.807, 2.05) is 18.5 Å². The highest BCUT2D eigenvalue weighted by atomic mass is 16.2. The number of hydrogen-bond donors (Lipinski definition) is 1. The molecule has 1 aliphatic heterocycles. The van der Waals surface area contributed by atoms with Crippen molar-refractivity contribution in [3.63, 3.8) is 0 Å². The molecule has 16 heavy (non-hydrogen) atoms. The molecule has 1 aromatic rings. The Morgan fingerprint density at radius 1 is 1.69 bits per heavy atom. The zero-order valence-electron chi connectivity index (χ0n) is 8.83. The molecule has 0 aromatic carbocycles. The topological polar surface area (TPSA) is 84.9 Å². The molecular formula is C10H13N5O. The molecule has 2 heterocycles. The Hall–Kier alpha value is -1.94. The molecule has 0 saturated carbocycles. The lowest BCUT2D eigenvalue weighted by Crippen LogP contribution is -2.24. The zero-order chi connectivity index (χ0) is 11.4. The van der Waals surface area contributed by atoms with Crippen LogP contribution >= 0.6 is 0 Å². The number of amides is 1. The maximum Gasteiger partial charge on any atom is 0.223 e. The highest BCUT2D eigenvalue weighted by molar-refractivity contribution is 5.78. The Morgan fingerprint density at radius 2 is 2.56 bits per heavy atom. The molecule has 6 heteroatoms. The molecular weight excluding hydrogens is 206 g/mol. The standard InChI is InChI=1S/C10H13N5O/c11-14-13-5-9-3-10(16)15(7-9)6-8-1-2-12-4-8/h1-2,4,9,12H,3,5-7H2. The Balaban J connectivity index is 1.92. The van der Waals surface area contributed by atoms with Crippen LogP contribution in [0.25, 0.3) is 10.4 Å². The number of H-pyrrole nitrogens is 1. The van der Waals surface area contributed by atoms with E-state index in [9.17, 15) is 4.79 Å². The number of hydrogen-bond acceptors (Lipinski definition) is 2. The van der Waals surface area contributed by atoms with Crippen LogP contribution in [0.15, 0.2) is 23.6 Å². The fourth-order valence-corrected chi connectivity index (χ4v) is 1.96. The molecule has 1 atom stereocenters. The van der Waals surface area contributed by atoms with Gasteiger partial charge in [-0.3, -0.25) is 4.79 Å². The van der Waals surface area contributed by atoms with Gasteiger partial charge in [0.05, 0.1) is 0 Å². The smallest absolute Gasteiger partial charge is 0.223 e. The van der Waals surface area contributed by atoms with Crippen molar-refractivity contribution in [3.8, 4) is 0 Å². The van der Waals surface area contributed by atoms with Gasteiger partial charge in [-0.2, -0.15) is 0 Å². The van der Waals surface area contributed by atoms with Gasteiger partial charge in [-0.05, 0) is 23.1 Å². The lowest BCUT2D eigenvalue weighted by atomic mass is 10.1. The SMILES string of the molecule is [N-]=[N+]=NCC1CC(=O)N(Cc2cc[nH]c2)C1. The highest BCUT2D eigenvalue weighted by Crippen LogP contribution is 2.20. The molecule has 1 aromatic heterocycles. The Labute approximate surface area is 92.9 Å². The van der Waals surface area contributed by atoms with Crippen LogP contribution in [-0.2, 0) is 11.3 Å². The second kappa shape index (κ2) is 4.72. The normalized spacial score (nSPS) is 19.9. The number of nitrogens with zero attached hydrogens (tertiary/aromatic N) is 4. The second-order valence-electron chi connectivity index (χ2n) is 3.98. The van der Waals surface area contributed by atoms with Gasteiger partial charge in [0.25, 0.3) is 0 Å². The highest BCUT2D eigenvalue weighted by Gasteiger charge is 2.28. The van der Waals surface area contributed by atoms with E-state index in [1.165, 1.54) is 0 Å². The van der Waals surface area contributed by atoms with Gasteiger partial charge in [-0.1, -0.05) is 5.11 Å². The van der Waals surface area contributed by atoms with Crippen LogP contribution in [-0.4, -0.2) is 28.9 Å². The second-order valence-corrected chi connectivity index (χ2v) is 3.98. The van der Waals surface area contributed by atoms with Crippen LogP contribution in [0.2, 0.25) is 0 Å². The van der Waals surface area contributed by atoms with Crippen LogP contribution in [0.1, 0.15) is 12.0 Å². The molecule has 6 nitrogen and oxygen atoms in total. The van der Waals surface area contributed by atoms with Crippen molar-refractivity contribution >= 4 is 5.91 Å². The summed E-state index contributed by atoms with van der Waals surface area (Å²) < 4.78 is 0. The van der Waals surface area contributed by atoms with Crippen LogP contribution in [0.4, 0.5) is 0 Å². The first-order chi connectivity index (χ1) is 7.79. The molecule has 2 rings (SSSR count). The van der Waals surface area contributed by atoms with Crippen LogP contribution in [0.5, 0.6) is 0 Å². The van der Waals surface area contributed by atoms with Gasteiger partial charge < -0.3 is 9.88 Å². The summed E-state index contributed by atoms with van der Waals surface area (Å²) in [6.07, 6.45) is 4.21. The molecule has 0 spiro atoms. The monoisotopic (exact) mass is 219 g/mol. The summed E-state index contributed by atoms with van der Waals surface area (Å²) in [5.74, 6) is 0.307. The van der Waals surface area contributed by atoms with Crippen LogP contribution in [0, 0.1) is 5.92 Å². The van der Waals surface area contributed by atoms with Crippen molar-refractivity contribution in [3.05, 3.63) is 34.5 Å². The molecule has 1 N–H and O–H groups in total. The quantitative estimate of drug-likeness (QED) is 0.466. The fourth-order valence-electron chi connectivity index (χ4n) is 1.96. The number of likely N-dealkylation sites (tertiary alicyclic amines) is 1. The maximum atomic E-state index is 11.7. The van der Waals surface area contributed by atoms with Gasteiger partial charge in [0, 0.05) is 43.4 Å². The number of rotatable bonds is 4. The molecule has 84 valence electrons. The predicted octanol–water partition coefficient (Wildman–Crippen LogP) is 1.67. The third kappa shape index (κ3) is 2.35. The van der Waals surface area contributed by atoms with Gasteiger partial charge in [-0.15, -0.1) is 0 Å². The van der Waals surface area contributed by atoms with Gasteiger partial charge in [0.2, 0.25) is 5.91 Å². The van der Waals surface area contributed by atoms with Gasteiger partial charge >= 0.3 is 0 Å². The third-order valence-corrected chi connectivity index (χ3v) is 2.73. The summed E-state index contributed by atoms with van der Waals surface area (Å²) in [5, 5.41) is 3.52. The predicted molar refractivity (Wildman–Crippen MR) is 58.3 cm³/mol. The van der Waals surface area contributed by atoms with Crippen molar-refractivity contribution in [2.75, 3.05) is 13.1 Å². The molecule has 1 amide bonds. The molecule has 1 aliphatic rings. The van der Waals surface area contributed by atoms with E-state index in [2.05, 4.69) is 15.0 Å². The van der Waals surface area contributed by atoms with Crippen LogP contribution in [0.3, 0.4) is 0 Å². The first-order valence-corrected chi connectivity index (χ1v) is 5.20. The average Bonchev–Trinajstić information content (AvgIpc) is 2.87. The zero-order valence-corrected chi connectivity index (χ0v) is 8.83. The lowest BCUT2D eigenvalue weighted by Gasteiger charge is -2.15. The van der Waals surface area contributed by atoms with E-state index in [-0.39, 0.29) is 11.8 Å². The number of aromatic nitrogens is 1. The molecule has 0 bridgehead atoms. The number of carbonyl (C=O) groups is 1. The Bertz CT molecular complexity index is 407. The summed E-state index contributed by atoms with van der Waals surface area (Å²) in [6.45, 7) is 1.73. The van der Waals surface area contributed by atoms with E-state index in [0.29, 0.717) is 26.1 Å². The summed E-state index contributed by atoms with van der Waals surface area (Å²) in [5.41, 5.74) is 9.32. The van der Waals surface area contributed by atoms with Crippen molar-refractivity contribution in [2.45, 2.75) is 13.0 Å². The summed E-state index contributed by atoms with van der Waals surface area (Å²) in [4.78, 5) is 19.1. The number of carbonyl (C=O) groups excluding carboxylic acids is 1. The van der Waals surface area contributed by atoms with Crippen molar-refractivity contribution in [1.29, 1.82) is 0 Å². The van der Waals surface area contributed by atoms with Crippen molar-refractivity contribution in [1.82, 2.24) is 9.88 Å². The third-order valence-electron chi connectivity index (χ3n) is 2.73. The van der Waals surface area contributed by atoms with E-state index in [0.717, 1.165) is 5.56 Å². The summed E-state index contributed by atoms with van der Waals surface area (Å²) in [6, 6.07) is 1.95. The van der Waals surface area contributed by atoms with E-state index in [1.54, 1.807) is 4.90 Å². The van der Waals surface area contributed by atoms with E-state index < -0.39 is 0 Å². The first-order valence-electron chi connectivity index (χ1n) is 5.20. The van der Waals surface area contributed by atoms with Crippen LogP contribution < -0.4 is 0 Å². The van der Waals surface area contributed by atoms with E-state index >= 15 is 0 Å². The summed E-state index contributed by atoms with van der Waals surface area (Å²) in [7, 11) is 0. The molecule has 1 saturated heterocycles. The van der Waals surface area contributed by atoms with E-state index in [4.69, 9.17) is 5.53 Å². The minimum absolute atomic E-state index is 0.138. The lowest BCUT2D eigenvalue weighted by molar-refractivity contribution is -0.128. The minimum atomic E-state index is 0.138. The van der Waals surface area contributed by atoms with Gasteiger partial charge in [0.15, 0.2) is 0 Å².